The summed E-state index contributed by atoms with van der Waals surface area (Å²) in [4.78, 5) is 19.0. The Kier molecular flexibility index (Phi) is 5.37. The Hall–Kier alpha value is -2.82. The molecule has 0 unspecified atom stereocenters. The zero-order valence-electron chi connectivity index (χ0n) is 15.3. The summed E-state index contributed by atoms with van der Waals surface area (Å²) in [5.41, 5.74) is 1.74. The van der Waals surface area contributed by atoms with Gasteiger partial charge in [0.2, 0.25) is 5.91 Å². The first-order valence-corrected chi connectivity index (χ1v) is 9.61. The van der Waals surface area contributed by atoms with Crippen LogP contribution in [0.5, 0.6) is 5.75 Å². The summed E-state index contributed by atoms with van der Waals surface area (Å²) in [7, 11) is 0. The van der Waals surface area contributed by atoms with E-state index in [9.17, 15) is 4.79 Å². The Morgan fingerprint density at radius 1 is 1.07 bits per heavy atom. The lowest BCUT2D eigenvalue weighted by atomic mass is 9.96. The van der Waals surface area contributed by atoms with E-state index in [1.165, 1.54) is 0 Å². The highest BCUT2D eigenvalue weighted by atomic mass is 16.5. The van der Waals surface area contributed by atoms with Crippen LogP contribution in [0.1, 0.15) is 37.5 Å². The van der Waals surface area contributed by atoms with Gasteiger partial charge < -0.3 is 14.1 Å². The number of hydrogen-bond acceptors (Lipinski definition) is 4. The van der Waals surface area contributed by atoms with Crippen molar-refractivity contribution in [3.63, 3.8) is 0 Å². The van der Waals surface area contributed by atoms with Gasteiger partial charge in [0, 0.05) is 25.4 Å². The van der Waals surface area contributed by atoms with Gasteiger partial charge in [-0.15, -0.1) is 0 Å². The highest BCUT2D eigenvalue weighted by Crippen LogP contribution is 2.30. The Bertz CT molecular complexity index is 850. The molecule has 2 aromatic carbocycles. The van der Waals surface area contributed by atoms with Crippen molar-refractivity contribution in [2.24, 2.45) is 0 Å². The van der Waals surface area contributed by atoms with Crippen LogP contribution in [-0.2, 0) is 4.79 Å². The van der Waals surface area contributed by atoms with E-state index in [2.05, 4.69) is 4.98 Å². The maximum Gasteiger partial charge on any atom is 0.222 e. The first-order valence-electron chi connectivity index (χ1n) is 9.61. The summed E-state index contributed by atoms with van der Waals surface area (Å²) in [5, 5.41) is 0. The molecule has 0 bridgehead atoms. The number of likely N-dealkylation sites (tertiary alicyclic amines) is 1. The molecule has 1 fully saturated rings. The highest BCUT2D eigenvalue weighted by molar-refractivity contribution is 5.76. The third kappa shape index (κ3) is 4.30. The summed E-state index contributed by atoms with van der Waals surface area (Å²) in [5.74, 6) is 2.16. The molecule has 3 aromatic rings. The smallest absolute Gasteiger partial charge is 0.222 e. The Balaban J connectivity index is 1.22. The second kappa shape index (κ2) is 8.25. The molecule has 4 rings (SSSR count). The van der Waals surface area contributed by atoms with Crippen molar-refractivity contribution in [3.8, 4) is 5.75 Å². The monoisotopic (exact) mass is 364 g/mol. The summed E-state index contributed by atoms with van der Waals surface area (Å²) >= 11 is 0. The lowest BCUT2D eigenvalue weighted by molar-refractivity contribution is -0.132. The number of rotatable bonds is 6. The molecule has 0 saturated carbocycles. The molecular formula is C22H24N2O3. The number of carbonyl (C=O) groups is 1. The van der Waals surface area contributed by atoms with Gasteiger partial charge in [-0.05, 0) is 43.5 Å². The fraction of sp³-hybridized carbons (Fsp3) is 0.364. The first-order chi connectivity index (χ1) is 13.3. The van der Waals surface area contributed by atoms with Crippen molar-refractivity contribution in [2.45, 2.75) is 31.6 Å². The molecule has 1 aromatic heterocycles. The summed E-state index contributed by atoms with van der Waals surface area (Å²) in [6.07, 6.45) is 3.07. The van der Waals surface area contributed by atoms with Gasteiger partial charge in [-0.2, -0.15) is 0 Å². The van der Waals surface area contributed by atoms with Crippen LogP contribution in [0, 0.1) is 0 Å². The molecular weight excluding hydrogens is 340 g/mol. The van der Waals surface area contributed by atoms with E-state index in [1.807, 2.05) is 59.5 Å². The quantitative estimate of drug-likeness (QED) is 0.609. The molecule has 1 aliphatic heterocycles. The number of benzene rings is 2. The number of piperidine rings is 1. The highest BCUT2D eigenvalue weighted by Gasteiger charge is 2.26. The van der Waals surface area contributed by atoms with Crippen LogP contribution in [0.3, 0.4) is 0 Å². The van der Waals surface area contributed by atoms with E-state index in [0.717, 1.165) is 55.1 Å². The molecule has 140 valence electrons. The second-order valence-corrected chi connectivity index (χ2v) is 6.94. The van der Waals surface area contributed by atoms with Crippen molar-refractivity contribution >= 4 is 17.0 Å². The molecule has 27 heavy (non-hydrogen) atoms. The van der Waals surface area contributed by atoms with Gasteiger partial charge in [0.05, 0.1) is 6.61 Å². The molecule has 2 heterocycles. The third-order valence-electron chi connectivity index (χ3n) is 5.05. The molecule has 1 saturated heterocycles. The van der Waals surface area contributed by atoms with Crippen molar-refractivity contribution in [2.75, 3.05) is 19.7 Å². The number of oxazole rings is 1. The van der Waals surface area contributed by atoms with E-state index in [4.69, 9.17) is 9.15 Å². The number of amides is 1. The van der Waals surface area contributed by atoms with Gasteiger partial charge in [0.25, 0.3) is 0 Å². The first kappa shape index (κ1) is 17.6. The summed E-state index contributed by atoms with van der Waals surface area (Å²) in [6.45, 7) is 2.10. The lowest BCUT2D eigenvalue weighted by Crippen LogP contribution is -2.38. The van der Waals surface area contributed by atoms with Gasteiger partial charge in [0.1, 0.15) is 11.3 Å². The van der Waals surface area contributed by atoms with Gasteiger partial charge in [0.15, 0.2) is 11.5 Å². The summed E-state index contributed by atoms with van der Waals surface area (Å²) < 4.78 is 11.5. The minimum Gasteiger partial charge on any atom is -0.494 e. The second-order valence-electron chi connectivity index (χ2n) is 6.94. The van der Waals surface area contributed by atoms with Crippen LogP contribution >= 0.6 is 0 Å². The predicted octanol–water partition coefficient (Wildman–Crippen LogP) is 4.39. The number of hydrogen-bond donors (Lipinski definition) is 0. The maximum atomic E-state index is 12.4. The predicted molar refractivity (Wildman–Crippen MR) is 104 cm³/mol. The Morgan fingerprint density at radius 3 is 2.59 bits per heavy atom. The number of fused-ring (bicyclic) bond motifs is 1. The van der Waals surface area contributed by atoms with Gasteiger partial charge in [-0.25, -0.2) is 4.98 Å². The van der Waals surface area contributed by atoms with Crippen LogP contribution in [0.2, 0.25) is 0 Å². The molecule has 5 heteroatoms. The number of nitrogens with zero attached hydrogens (tertiary/aromatic N) is 2. The number of ether oxygens (including phenoxy) is 1. The molecule has 0 N–H and O–H groups in total. The molecule has 0 radical (unpaired) electrons. The fourth-order valence-electron chi connectivity index (χ4n) is 3.53. The van der Waals surface area contributed by atoms with E-state index in [1.54, 1.807) is 0 Å². The molecule has 1 aliphatic rings. The lowest BCUT2D eigenvalue weighted by Gasteiger charge is -2.30. The van der Waals surface area contributed by atoms with Crippen molar-refractivity contribution in [1.29, 1.82) is 0 Å². The fourth-order valence-corrected chi connectivity index (χ4v) is 3.53. The molecule has 5 nitrogen and oxygen atoms in total. The van der Waals surface area contributed by atoms with Crippen molar-refractivity contribution in [1.82, 2.24) is 9.88 Å². The van der Waals surface area contributed by atoms with Crippen LogP contribution < -0.4 is 4.74 Å². The van der Waals surface area contributed by atoms with Gasteiger partial charge in [-0.1, -0.05) is 30.3 Å². The third-order valence-corrected chi connectivity index (χ3v) is 5.05. The normalized spacial score (nSPS) is 15.2. The van der Waals surface area contributed by atoms with Crippen molar-refractivity contribution < 1.29 is 13.9 Å². The van der Waals surface area contributed by atoms with Crippen LogP contribution in [0.15, 0.2) is 59.0 Å². The Morgan fingerprint density at radius 2 is 1.81 bits per heavy atom. The van der Waals surface area contributed by atoms with Crippen LogP contribution in [0.25, 0.3) is 11.1 Å². The van der Waals surface area contributed by atoms with Crippen LogP contribution in [0.4, 0.5) is 0 Å². The Labute approximate surface area is 158 Å². The standard InChI is InChI=1S/C22H24N2O3/c25-21(11-6-16-26-18-7-2-1-3-8-18)24-14-12-17(13-15-24)22-23-19-9-4-5-10-20(19)27-22/h1-5,7-10,17H,6,11-16H2. The molecule has 0 spiro atoms. The molecule has 0 aliphatic carbocycles. The zero-order valence-corrected chi connectivity index (χ0v) is 15.3. The number of aromatic nitrogens is 1. The largest absolute Gasteiger partial charge is 0.494 e. The number of carbonyl (C=O) groups excluding carboxylic acids is 1. The topological polar surface area (TPSA) is 55.6 Å². The van der Waals surface area contributed by atoms with Crippen LogP contribution in [-0.4, -0.2) is 35.5 Å². The molecule has 1 amide bonds. The van der Waals surface area contributed by atoms with Gasteiger partial charge in [-0.3, -0.25) is 4.79 Å². The summed E-state index contributed by atoms with van der Waals surface area (Å²) in [6, 6.07) is 17.6. The average Bonchev–Trinajstić information content (AvgIpc) is 3.16. The minimum atomic E-state index is 0.211. The van der Waals surface area contributed by atoms with E-state index >= 15 is 0 Å². The van der Waals surface area contributed by atoms with E-state index in [0.29, 0.717) is 18.9 Å². The number of para-hydroxylation sites is 3. The molecule has 0 atom stereocenters. The SMILES string of the molecule is O=C(CCCOc1ccccc1)N1CCC(c2nc3ccccc3o2)CC1. The van der Waals surface area contributed by atoms with Gasteiger partial charge >= 0.3 is 0 Å². The van der Waals surface area contributed by atoms with Crippen molar-refractivity contribution in [3.05, 3.63) is 60.5 Å². The van der Waals surface area contributed by atoms with E-state index < -0.39 is 0 Å². The maximum absolute atomic E-state index is 12.4. The zero-order chi connectivity index (χ0) is 18.5. The van der Waals surface area contributed by atoms with E-state index in [-0.39, 0.29) is 5.91 Å². The minimum absolute atomic E-state index is 0.211. The average molecular weight is 364 g/mol.